The van der Waals surface area contributed by atoms with Crippen molar-refractivity contribution in [2.45, 2.75) is 24.4 Å². The quantitative estimate of drug-likeness (QED) is 0.400. The number of nitrogens with zero attached hydrogens (tertiary/aromatic N) is 1. The molecular weight excluding hydrogens is 332 g/mol. The first-order valence-corrected chi connectivity index (χ1v) is 3.72. The molecule has 98 valence electrons. The molecule has 0 aromatic heterocycles. The first-order chi connectivity index (χ1) is 6.65. The van der Waals surface area contributed by atoms with Crippen molar-refractivity contribution < 1.29 is 43.9 Å². The van der Waals surface area contributed by atoms with E-state index in [9.17, 15) is 43.9 Å². The van der Waals surface area contributed by atoms with Crippen LogP contribution in [0.3, 0.4) is 0 Å². The second-order valence-electron chi connectivity index (χ2n) is 2.37. The molecular formula is C4BrF10N. The molecule has 0 heterocycles. The van der Waals surface area contributed by atoms with Gasteiger partial charge in [-0.05, 0) is 0 Å². The van der Waals surface area contributed by atoms with Crippen molar-refractivity contribution in [3.05, 3.63) is 0 Å². The van der Waals surface area contributed by atoms with E-state index >= 15 is 0 Å². The summed E-state index contributed by atoms with van der Waals surface area (Å²) in [5.41, 5.74) is 0. The summed E-state index contributed by atoms with van der Waals surface area (Å²) in [6.45, 7) is 0. The third-order valence-corrected chi connectivity index (χ3v) is 2.14. The molecule has 0 aliphatic carbocycles. The molecule has 0 spiro atoms. The highest BCUT2D eigenvalue weighted by molar-refractivity contribution is 9.07. The fraction of sp³-hybridized carbons (Fsp3) is 1.00. The van der Waals surface area contributed by atoms with Crippen LogP contribution in [0.25, 0.3) is 0 Å². The Labute approximate surface area is 89.3 Å². The Kier molecular flexibility index (Phi) is 3.83. The van der Waals surface area contributed by atoms with Gasteiger partial charge in [-0.25, -0.2) is 4.39 Å². The molecule has 0 unspecified atom stereocenters. The predicted molar refractivity (Wildman–Crippen MR) is 32.8 cm³/mol. The lowest BCUT2D eigenvalue weighted by atomic mass is 10.2. The molecule has 0 N–H and O–H groups in total. The molecule has 0 amide bonds. The van der Waals surface area contributed by atoms with Gasteiger partial charge in [0.15, 0.2) is 0 Å². The first-order valence-electron chi connectivity index (χ1n) is 3.01. The number of hydrogen-bond acceptors (Lipinski definition) is 1. The van der Waals surface area contributed by atoms with Crippen molar-refractivity contribution in [2.24, 2.45) is 0 Å². The van der Waals surface area contributed by atoms with E-state index in [0.29, 0.717) is 0 Å². The van der Waals surface area contributed by atoms with Crippen molar-refractivity contribution in [1.29, 1.82) is 0 Å². The average molecular weight is 332 g/mol. The highest BCUT2D eigenvalue weighted by Crippen LogP contribution is 2.52. The number of alkyl halides is 10. The largest absolute Gasteiger partial charge is 0.473 e. The topological polar surface area (TPSA) is 3.24 Å². The molecule has 0 rings (SSSR count). The van der Waals surface area contributed by atoms with Crippen molar-refractivity contribution in [1.82, 2.24) is 3.93 Å². The third-order valence-electron chi connectivity index (χ3n) is 1.24. The normalized spacial score (nSPS) is 15.8. The summed E-state index contributed by atoms with van der Waals surface area (Å²) >= 11 is 0.886. The molecule has 0 aliphatic rings. The van der Waals surface area contributed by atoms with E-state index in [1.54, 1.807) is 0 Å². The molecule has 0 saturated heterocycles. The van der Waals surface area contributed by atoms with Gasteiger partial charge >= 0.3 is 24.4 Å². The zero-order valence-electron chi connectivity index (χ0n) is 6.60. The minimum atomic E-state index is -6.82. The summed E-state index contributed by atoms with van der Waals surface area (Å²) in [5, 5.41) is 0. The summed E-state index contributed by atoms with van der Waals surface area (Å²) in [5.74, 6) is -6.56. The van der Waals surface area contributed by atoms with Gasteiger partial charge < -0.3 is 0 Å². The second-order valence-corrected chi connectivity index (χ2v) is 3.08. The van der Waals surface area contributed by atoms with E-state index in [4.69, 9.17) is 0 Å². The zero-order chi connectivity index (χ0) is 13.6. The second kappa shape index (κ2) is 3.89. The van der Waals surface area contributed by atoms with Gasteiger partial charge in [0.2, 0.25) is 0 Å². The van der Waals surface area contributed by atoms with Crippen LogP contribution in [-0.2, 0) is 0 Å². The summed E-state index contributed by atoms with van der Waals surface area (Å²) in [7, 11) is 0. The minimum absolute atomic E-state index is 0.886. The first kappa shape index (κ1) is 15.7. The van der Waals surface area contributed by atoms with Gasteiger partial charge in [-0.2, -0.15) is 39.5 Å². The van der Waals surface area contributed by atoms with Crippen LogP contribution in [0, 0.1) is 0 Å². The van der Waals surface area contributed by atoms with Crippen LogP contribution in [0.15, 0.2) is 0 Å². The fourth-order valence-electron chi connectivity index (χ4n) is 0.558. The van der Waals surface area contributed by atoms with Crippen molar-refractivity contribution >= 4 is 16.1 Å². The van der Waals surface area contributed by atoms with E-state index < -0.39 is 28.4 Å². The molecule has 0 aromatic carbocycles. The summed E-state index contributed by atoms with van der Waals surface area (Å²) in [4.78, 5) is 0. The predicted octanol–water partition coefficient (Wildman–Crippen LogP) is 3.91. The Bertz CT molecular complexity index is 235. The Balaban J connectivity index is 5.63. The summed E-state index contributed by atoms with van der Waals surface area (Å²) in [6.07, 6.45) is -19.8. The minimum Gasteiger partial charge on any atom is -0.204 e. The number of halogens is 11. The van der Waals surface area contributed by atoms with E-state index in [2.05, 4.69) is 0 Å². The monoisotopic (exact) mass is 331 g/mol. The molecule has 0 fully saturated rings. The van der Waals surface area contributed by atoms with E-state index in [0.717, 1.165) is 16.1 Å². The highest BCUT2D eigenvalue weighted by atomic mass is 79.9. The van der Waals surface area contributed by atoms with E-state index in [-0.39, 0.29) is 0 Å². The maximum atomic E-state index is 12.6. The van der Waals surface area contributed by atoms with Crippen molar-refractivity contribution in [3.8, 4) is 0 Å². The maximum Gasteiger partial charge on any atom is 0.473 e. The van der Waals surface area contributed by atoms with Gasteiger partial charge in [0.1, 0.15) is 0 Å². The molecule has 1 nitrogen and oxygen atoms in total. The number of rotatable bonds is 1. The molecule has 0 radical (unpaired) electrons. The van der Waals surface area contributed by atoms with Crippen LogP contribution < -0.4 is 0 Å². The standard InChI is InChI=1S/C4BrF10N/c5-16(4(13,14)15)1(6,2(7,8)9)3(10,11)12. The van der Waals surface area contributed by atoms with Gasteiger partial charge in [-0.1, -0.05) is 3.93 Å². The van der Waals surface area contributed by atoms with Crippen LogP contribution >= 0.6 is 16.1 Å². The fourth-order valence-corrected chi connectivity index (χ4v) is 0.960. The lowest BCUT2D eigenvalue weighted by Gasteiger charge is -2.35. The lowest BCUT2D eigenvalue weighted by molar-refractivity contribution is -0.411. The van der Waals surface area contributed by atoms with Gasteiger partial charge in [0.25, 0.3) is 0 Å². The smallest absolute Gasteiger partial charge is 0.204 e. The van der Waals surface area contributed by atoms with Crippen LogP contribution in [0.2, 0.25) is 0 Å². The van der Waals surface area contributed by atoms with Gasteiger partial charge in [0.05, 0.1) is 0 Å². The molecule has 0 saturated carbocycles. The highest BCUT2D eigenvalue weighted by Gasteiger charge is 2.79. The van der Waals surface area contributed by atoms with Crippen LogP contribution in [0.1, 0.15) is 0 Å². The van der Waals surface area contributed by atoms with E-state index in [1.807, 2.05) is 0 Å². The molecule has 12 heteroatoms. The maximum absolute atomic E-state index is 12.6. The average Bonchev–Trinajstić information content (AvgIpc) is 1.95. The molecule has 0 atom stereocenters. The SMILES string of the molecule is FC(F)(F)N(Br)C(F)(C(F)(F)F)C(F)(F)F. The Morgan fingerprint density at radius 3 is 0.938 bits per heavy atom. The van der Waals surface area contributed by atoms with Crippen LogP contribution in [0.5, 0.6) is 0 Å². The van der Waals surface area contributed by atoms with Crippen molar-refractivity contribution in [2.75, 3.05) is 0 Å². The Morgan fingerprint density at radius 1 is 0.625 bits per heavy atom. The summed E-state index contributed by atoms with van der Waals surface area (Å²) < 4.78 is 115. The number of hydrogen-bond donors (Lipinski definition) is 0. The van der Waals surface area contributed by atoms with Gasteiger partial charge in [-0.15, -0.1) is 0 Å². The summed E-state index contributed by atoms with van der Waals surface area (Å²) in [6, 6.07) is 0. The molecule has 0 bridgehead atoms. The Hall–Kier alpha value is -0.260. The lowest BCUT2D eigenvalue weighted by Crippen LogP contribution is -2.64. The molecule has 0 aliphatic heterocycles. The van der Waals surface area contributed by atoms with Crippen LogP contribution in [-0.4, -0.2) is 28.4 Å². The Morgan fingerprint density at radius 2 is 0.875 bits per heavy atom. The molecule has 0 aromatic rings. The van der Waals surface area contributed by atoms with Crippen LogP contribution in [0.4, 0.5) is 43.9 Å². The van der Waals surface area contributed by atoms with Gasteiger partial charge in [0, 0.05) is 16.1 Å². The third kappa shape index (κ3) is 2.52. The van der Waals surface area contributed by atoms with Crippen molar-refractivity contribution in [3.63, 3.8) is 0 Å². The van der Waals surface area contributed by atoms with Gasteiger partial charge in [-0.3, -0.25) is 0 Å². The molecule has 16 heavy (non-hydrogen) atoms. The van der Waals surface area contributed by atoms with E-state index in [1.165, 1.54) is 0 Å². The zero-order valence-corrected chi connectivity index (χ0v) is 8.19.